The largest absolute Gasteiger partial charge is 0.463 e. The highest BCUT2D eigenvalue weighted by Crippen LogP contribution is 2.17. The van der Waals surface area contributed by atoms with Gasteiger partial charge in [-0.1, -0.05) is 6.92 Å². The van der Waals surface area contributed by atoms with Crippen LogP contribution in [0.4, 0.5) is 0 Å². The van der Waals surface area contributed by atoms with Gasteiger partial charge in [-0.25, -0.2) is 0 Å². The van der Waals surface area contributed by atoms with Gasteiger partial charge in [0.15, 0.2) is 0 Å². The molecule has 1 fully saturated rings. The first-order chi connectivity index (χ1) is 8.69. The minimum Gasteiger partial charge on any atom is -0.463 e. The van der Waals surface area contributed by atoms with Crippen molar-refractivity contribution in [3.63, 3.8) is 0 Å². The Balaban J connectivity index is 1.89. The molecule has 0 bridgehead atoms. The maximum absolute atomic E-state index is 5.93. The van der Waals surface area contributed by atoms with Crippen LogP contribution in [0.2, 0.25) is 0 Å². The Hall–Kier alpha value is -0.840. The van der Waals surface area contributed by atoms with Crippen molar-refractivity contribution in [2.24, 2.45) is 0 Å². The minimum absolute atomic E-state index is 0.838. The molecule has 1 aromatic heterocycles. The fourth-order valence-corrected chi connectivity index (χ4v) is 2.31. The average molecular weight is 251 g/mol. The number of likely N-dealkylation sites (N-methyl/N-ethyl adjacent to an activating group) is 1. The standard InChI is InChI=1S/C14H25N3O/c1-4-15-10-14-12(2)9-13(18-14)11-17-7-5-16(3)6-8-17/h9,15H,4-8,10-11H2,1-3H3. The highest BCUT2D eigenvalue weighted by atomic mass is 16.3. The van der Waals surface area contributed by atoms with Crippen LogP contribution in [-0.2, 0) is 13.1 Å². The van der Waals surface area contributed by atoms with Gasteiger partial charge in [-0.3, -0.25) is 4.90 Å². The predicted molar refractivity (Wildman–Crippen MR) is 73.6 cm³/mol. The summed E-state index contributed by atoms with van der Waals surface area (Å²) in [4.78, 5) is 4.84. The van der Waals surface area contributed by atoms with E-state index in [-0.39, 0.29) is 0 Å². The van der Waals surface area contributed by atoms with Crippen LogP contribution >= 0.6 is 0 Å². The maximum atomic E-state index is 5.93. The van der Waals surface area contributed by atoms with E-state index in [9.17, 15) is 0 Å². The van der Waals surface area contributed by atoms with Crippen LogP contribution in [0.15, 0.2) is 10.5 Å². The van der Waals surface area contributed by atoms with Crippen molar-refractivity contribution in [2.45, 2.75) is 26.9 Å². The van der Waals surface area contributed by atoms with E-state index in [4.69, 9.17) is 4.42 Å². The van der Waals surface area contributed by atoms with E-state index in [1.165, 1.54) is 5.56 Å². The van der Waals surface area contributed by atoms with Gasteiger partial charge in [0.05, 0.1) is 13.1 Å². The molecule has 0 saturated carbocycles. The molecule has 0 aromatic carbocycles. The third kappa shape index (κ3) is 3.57. The van der Waals surface area contributed by atoms with Crippen LogP contribution in [0.25, 0.3) is 0 Å². The normalized spacial score (nSPS) is 18.4. The Morgan fingerprint density at radius 3 is 2.67 bits per heavy atom. The second kappa shape index (κ2) is 6.36. The molecule has 1 aliphatic heterocycles. The summed E-state index contributed by atoms with van der Waals surface area (Å²) < 4.78 is 5.93. The first-order valence-electron chi connectivity index (χ1n) is 6.89. The van der Waals surface area contributed by atoms with Crippen LogP contribution in [0.1, 0.15) is 24.0 Å². The lowest BCUT2D eigenvalue weighted by atomic mass is 10.2. The zero-order valence-electron chi connectivity index (χ0n) is 11.8. The summed E-state index contributed by atoms with van der Waals surface area (Å²) in [7, 11) is 2.18. The van der Waals surface area contributed by atoms with Crippen LogP contribution < -0.4 is 5.32 Å². The third-order valence-electron chi connectivity index (χ3n) is 3.58. The Morgan fingerprint density at radius 2 is 2.00 bits per heavy atom. The Morgan fingerprint density at radius 1 is 1.28 bits per heavy atom. The van der Waals surface area contributed by atoms with Crippen LogP contribution in [0, 0.1) is 6.92 Å². The molecule has 4 nitrogen and oxygen atoms in total. The molecule has 2 rings (SSSR count). The molecular weight excluding hydrogens is 226 g/mol. The van der Waals surface area contributed by atoms with Crippen LogP contribution in [0.3, 0.4) is 0 Å². The summed E-state index contributed by atoms with van der Waals surface area (Å²) in [5, 5.41) is 3.31. The lowest BCUT2D eigenvalue weighted by molar-refractivity contribution is 0.139. The van der Waals surface area contributed by atoms with E-state index in [0.29, 0.717) is 0 Å². The molecule has 4 heteroatoms. The van der Waals surface area contributed by atoms with Crippen molar-refractivity contribution in [1.82, 2.24) is 15.1 Å². The van der Waals surface area contributed by atoms with Gasteiger partial charge < -0.3 is 14.6 Å². The zero-order chi connectivity index (χ0) is 13.0. The van der Waals surface area contributed by atoms with Gasteiger partial charge in [-0.2, -0.15) is 0 Å². The van der Waals surface area contributed by atoms with E-state index >= 15 is 0 Å². The molecule has 1 saturated heterocycles. The average Bonchev–Trinajstić information content (AvgIpc) is 2.70. The lowest BCUT2D eigenvalue weighted by Gasteiger charge is -2.31. The predicted octanol–water partition coefficient (Wildman–Crippen LogP) is 1.44. The molecule has 1 N–H and O–H groups in total. The summed E-state index contributed by atoms with van der Waals surface area (Å²) in [6.45, 7) is 11.6. The summed E-state index contributed by atoms with van der Waals surface area (Å²) in [5.41, 5.74) is 1.26. The number of aryl methyl sites for hydroxylation is 1. The summed E-state index contributed by atoms with van der Waals surface area (Å²) >= 11 is 0. The SMILES string of the molecule is CCNCc1oc(CN2CCN(C)CC2)cc1C. The van der Waals surface area contributed by atoms with E-state index in [1.54, 1.807) is 0 Å². The van der Waals surface area contributed by atoms with Gasteiger partial charge >= 0.3 is 0 Å². The molecule has 0 amide bonds. The number of piperazine rings is 1. The molecule has 18 heavy (non-hydrogen) atoms. The number of nitrogens with one attached hydrogen (secondary N) is 1. The third-order valence-corrected chi connectivity index (χ3v) is 3.58. The quantitative estimate of drug-likeness (QED) is 0.858. The molecular formula is C14H25N3O. The number of furan rings is 1. The van der Waals surface area contributed by atoms with Crippen molar-refractivity contribution in [2.75, 3.05) is 39.8 Å². The van der Waals surface area contributed by atoms with Gasteiger partial charge in [-0.05, 0) is 32.1 Å². The van der Waals surface area contributed by atoms with Crippen molar-refractivity contribution in [1.29, 1.82) is 0 Å². The molecule has 0 aliphatic carbocycles. The highest BCUT2D eigenvalue weighted by Gasteiger charge is 2.16. The minimum atomic E-state index is 0.838. The number of hydrogen-bond donors (Lipinski definition) is 1. The summed E-state index contributed by atoms with van der Waals surface area (Å²) in [6.07, 6.45) is 0. The van der Waals surface area contributed by atoms with E-state index in [2.05, 4.69) is 42.1 Å². The lowest BCUT2D eigenvalue weighted by Crippen LogP contribution is -2.43. The molecule has 0 radical (unpaired) electrons. The first-order valence-corrected chi connectivity index (χ1v) is 6.89. The Bertz CT molecular complexity index is 367. The molecule has 0 spiro atoms. The smallest absolute Gasteiger partial charge is 0.120 e. The number of nitrogens with zero attached hydrogens (tertiary/aromatic N) is 2. The summed E-state index contributed by atoms with van der Waals surface area (Å²) in [5.74, 6) is 2.19. The molecule has 102 valence electrons. The molecule has 1 aliphatic rings. The van der Waals surface area contributed by atoms with Gasteiger partial charge in [-0.15, -0.1) is 0 Å². The van der Waals surface area contributed by atoms with Crippen molar-refractivity contribution >= 4 is 0 Å². The summed E-state index contributed by atoms with van der Waals surface area (Å²) in [6, 6.07) is 2.19. The first kappa shape index (κ1) is 13.6. The van der Waals surface area contributed by atoms with E-state index < -0.39 is 0 Å². The van der Waals surface area contributed by atoms with Gasteiger partial charge in [0.2, 0.25) is 0 Å². The van der Waals surface area contributed by atoms with Crippen molar-refractivity contribution in [3.05, 3.63) is 23.2 Å². The number of hydrogen-bond acceptors (Lipinski definition) is 4. The van der Waals surface area contributed by atoms with Gasteiger partial charge in [0.25, 0.3) is 0 Å². The van der Waals surface area contributed by atoms with Crippen LogP contribution in [-0.4, -0.2) is 49.6 Å². The van der Waals surface area contributed by atoms with E-state index in [0.717, 1.165) is 57.3 Å². The highest BCUT2D eigenvalue weighted by molar-refractivity contribution is 5.20. The van der Waals surface area contributed by atoms with Gasteiger partial charge in [0.1, 0.15) is 11.5 Å². The molecule has 0 atom stereocenters. The van der Waals surface area contributed by atoms with E-state index in [1.807, 2.05) is 0 Å². The molecule has 0 unspecified atom stereocenters. The second-order valence-corrected chi connectivity index (χ2v) is 5.18. The van der Waals surface area contributed by atoms with Crippen LogP contribution in [0.5, 0.6) is 0 Å². The molecule has 2 heterocycles. The fraction of sp³-hybridized carbons (Fsp3) is 0.714. The number of rotatable bonds is 5. The Labute approximate surface area is 110 Å². The maximum Gasteiger partial charge on any atom is 0.120 e. The second-order valence-electron chi connectivity index (χ2n) is 5.18. The topological polar surface area (TPSA) is 31.7 Å². The zero-order valence-corrected chi connectivity index (χ0v) is 11.8. The molecule has 1 aromatic rings. The van der Waals surface area contributed by atoms with Gasteiger partial charge in [0, 0.05) is 26.2 Å². The van der Waals surface area contributed by atoms with Crippen molar-refractivity contribution in [3.8, 4) is 0 Å². The fourth-order valence-electron chi connectivity index (χ4n) is 2.31. The monoisotopic (exact) mass is 251 g/mol. The Kier molecular flexibility index (Phi) is 4.80. The van der Waals surface area contributed by atoms with Crippen molar-refractivity contribution < 1.29 is 4.42 Å².